The van der Waals surface area contributed by atoms with Gasteiger partial charge in [0, 0.05) is 43.5 Å². The molecule has 0 atom stereocenters. The summed E-state index contributed by atoms with van der Waals surface area (Å²) in [5.74, 6) is 2.10. The standard InChI is InChI=1S/C29H30N4O4/c1-35-23-11-9-21(10-12-23)31-15-17-32(18-16-31)29(34)27-20-26(30-33(27)22-7-5-4-6-8-22)25-14-13-24(36-2)19-28(25)37-3/h4-14,19-20H,15-18H2,1-3H3. The first-order valence-corrected chi connectivity index (χ1v) is 12.2. The number of nitrogens with zero attached hydrogens (tertiary/aromatic N) is 4. The summed E-state index contributed by atoms with van der Waals surface area (Å²) in [4.78, 5) is 18.0. The summed E-state index contributed by atoms with van der Waals surface area (Å²) in [6.07, 6.45) is 0. The predicted octanol–water partition coefficient (Wildman–Crippen LogP) is 4.53. The maximum atomic E-state index is 13.8. The van der Waals surface area contributed by atoms with Crippen LogP contribution in [0.15, 0.2) is 78.9 Å². The summed E-state index contributed by atoms with van der Waals surface area (Å²) < 4.78 is 17.9. The van der Waals surface area contributed by atoms with E-state index >= 15 is 0 Å². The lowest BCUT2D eigenvalue weighted by atomic mass is 10.1. The molecule has 8 heteroatoms. The molecule has 37 heavy (non-hydrogen) atoms. The van der Waals surface area contributed by atoms with Crippen LogP contribution in [0.25, 0.3) is 16.9 Å². The molecule has 8 nitrogen and oxygen atoms in total. The quantitative estimate of drug-likeness (QED) is 0.373. The molecule has 2 heterocycles. The number of hydrogen-bond acceptors (Lipinski definition) is 6. The zero-order valence-electron chi connectivity index (χ0n) is 21.3. The van der Waals surface area contributed by atoms with Crippen LogP contribution in [0.4, 0.5) is 5.69 Å². The number of benzene rings is 3. The zero-order chi connectivity index (χ0) is 25.8. The molecule has 190 valence electrons. The number of anilines is 1. The van der Waals surface area contributed by atoms with Crippen LogP contribution in [0, 0.1) is 0 Å². The van der Waals surface area contributed by atoms with Gasteiger partial charge in [0.05, 0.1) is 32.7 Å². The van der Waals surface area contributed by atoms with Gasteiger partial charge < -0.3 is 24.0 Å². The molecule has 1 aliphatic heterocycles. The third-order valence-corrected chi connectivity index (χ3v) is 6.62. The lowest BCUT2D eigenvalue weighted by Gasteiger charge is -2.36. The van der Waals surface area contributed by atoms with Gasteiger partial charge in [-0.3, -0.25) is 4.79 Å². The monoisotopic (exact) mass is 498 g/mol. The number of piperazine rings is 1. The molecular formula is C29H30N4O4. The Bertz CT molecular complexity index is 1360. The molecule has 1 fully saturated rings. The van der Waals surface area contributed by atoms with E-state index in [1.165, 1.54) is 0 Å². The van der Waals surface area contributed by atoms with Gasteiger partial charge in [-0.15, -0.1) is 0 Å². The molecule has 1 aliphatic rings. The highest BCUT2D eigenvalue weighted by atomic mass is 16.5. The minimum atomic E-state index is -0.0514. The highest BCUT2D eigenvalue weighted by molar-refractivity contribution is 5.95. The summed E-state index contributed by atoms with van der Waals surface area (Å²) in [5.41, 5.74) is 3.90. The SMILES string of the molecule is COc1ccc(N2CCN(C(=O)c3cc(-c4ccc(OC)cc4OC)nn3-c3ccccc3)CC2)cc1. The molecule has 0 spiro atoms. The van der Waals surface area contributed by atoms with Gasteiger partial charge in [-0.2, -0.15) is 5.10 Å². The maximum Gasteiger partial charge on any atom is 0.272 e. The van der Waals surface area contributed by atoms with Crippen molar-refractivity contribution < 1.29 is 19.0 Å². The number of para-hydroxylation sites is 1. The number of aromatic nitrogens is 2. The van der Waals surface area contributed by atoms with Gasteiger partial charge in [0.25, 0.3) is 5.91 Å². The van der Waals surface area contributed by atoms with Gasteiger partial charge in [0.1, 0.15) is 22.9 Å². The van der Waals surface area contributed by atoms with Crippen molar-refractivity contribution in [2.45, 2.75) is 0 Å². The third-order valence-electron chi connectivity index (χ3n) is 6.62. The lowest BCUT2D eigenvalue weighted by Crippen LogP contribution is -2.49. The van der Waals surface area contributed by atoms with Crippen LogP contribution in [0.3, 0.4) is 0 Å². The Balaban J connectivity index is 1.43. The predicted molar refractivity (Wildman–Crippen MR) is 143 cm³/mol. The third kappa shape index (κ3) is 4.95. The first-order valence-electron chi connectivity index (χ1n) is 12.2. The summed E-state index contributed by atoms with van der Waals surface area (Å²) >= 11 is 0. The normalized spacial score (nSPS) is 13.4. The van der Waals surface area contributed by atoms with Crippen LogP contribution in [0.5, 0.6) is 17.2 Å². The Hall–Kier alpha value is -4.46. The maximum absolute atomic E-state index is 13.8. The molecule has 5 rings (SSSR count). The number of carbonyl (C=O) groups is 1. The number of carbonyl (C=O) groups excluding carboxylic acids is 1. The van der Waals surface area contributed by atoms with Crippen LogP contribution in [-0.2, 0) is 0 Å². The van der Waals surface area contributed by atoms with E-state index in [1.54, 1.807) is 26.0 Å². The molecule has 3 aromatic carbocycles. The molecule has 0 saturated carbocycles. The average Bonchev–Trinajstić information content (AvgIpc) is 3.42. The van der Waals surface area contributed by atoms with E-state index in [0.29, 0.717) is 36.0 Å². The van der Waals surface area contributed by atoms with Gasteiger partial charge in [0.15, 0.2) is 0 Å². The summed E-state index contributed by atoms with van der Waals surface area (Å²) in [6.45, 7) is 2.73. The van der Waals surface area contributed by atoms with Crippen LogP contribution < -0.4 is 19.1 Å². The number of ether oxygens (including phenoxy) is 3. The van der Waals surface area contributed by atoms with Gasteiger partial charge in [-0.1, -0.05) is 18.2 Å². The van der Waals surface area contributed by atoms with Crippen molar-refractivity contribution in [1.82, 2.24) is 14.7 Å². The average molecular weight is 499 g/mol. The smallest absolute Gasteiger partial charge is 0.272 e. The molecule has 4 aromatic rings. The molecule has 1 amide bonds. The molecule has 0 N–H and O–H groups in total. The fourth-order valence-electron chi connectivity index (χ4n) is 4.56. The van der Waals surface area contributed by atoms with Crippen molar-refractivity contribution in [3.8, 4) is 34.2 Å². The van der Waals surface area contributed by atoms with Crippen LogP contribution >= 0.6 is 0 Å². The minimum absolute atomic E-state index is 0.0514. The summed E-state index contributed by atoms with van der Waals surface area (Å²) in [5, 5.41) is 4.84. The Kier molecular flexibility index (Phi) is 6.98. The minimum Gasteiger partial charge on any atom is -0.497 e. The first-order chi connectivity index (χ1) is 18.1. The van der Waals surface area contributed by atoms with E-state index in [-0.39, 0.29) is 5.91 Å². The van der Waals surface area contributed by atoms with E-state index in [2.05, 4.69) is 17.0 Å². The van der Waals surface area contributed by atoms with Crippen molar-refractivity contribution in [2.24, 2.45) is 0 Å². The second-order valence-electron chi connectivity index (χ2n) is 8.71. The van der Waals surface area contributed by atoms with E-state index in [9.17, 15) is 4.79 Å². The largest absolute Gasteiger partial charge is 0.497 e. The fraction of sp³-hybridized carbons (Fsp3) is 0.241. The van der Waals surface area contributed by atoms with Crippen molar-refractivity contribution in [2.75, 3.05) is 52.4 Å². The number of hydrogen-bond donors (Lipinski definition) is 0. The van der Waals surface area contributed by atoms with E-state index in [0.717, 1.165) is 35.8 Å². The Morgan fingerprint density at radius 2 is 1.41 bits per heavy atom. The topological polar surface area (TPSA) is 69.1 Å². The van der Waals surface area contributed by atoms with Crippen LogP contribution in [0.2, 0.25) is 0 Å². The van der Waals surface area contributed by atoms with Crippen molar-refractivity contribution in [1.29, 1.82) is 0 Å². The van der Waals surface area contributed by atoms with Gasteiger partial charge >= 0.3 is 0 Å². The molecular weight excluding hydrogens is 468 g/mol. The molecule has 0 aliphatic carbocycles. The molecule has 0 unspecified atom stereocenters. The number of amides is 1. The highest BCUT2D eigenvalue weighted by Gasteiger charge is 2.27. The second-order valence-corrected chi connectivity index (χ2v) is 8.71. The summed E-state index contributed by atoms with van der Waals surface area (Å²) in [7, 11) is 4.89. The fourth-order valence-corrected chi connectivity index (χ4v) is 4.56. The van der Waals surface area contributed by atoms with Crippen LogP contribution in [0.1, 0.15) is 10.5 Å². The van der Waals surface area contributed by atoms with E-state index in [4.69, 9.17) is 19.3 Å². The highest BCUT2D eigenvalue weighted by Crippen LogP contribution is 2.34. The molecule has 0 bridgehead atoms. The Morgan fingerprint density at radius 1 is 0.730 bits per heavy atom. The van der Waals surface area contributed by atoms with Gasteiger partial charge in [-0.25, -0.2) is 4.68 Å². The van der Waals surface area contributed by atoms with Crippen LogP contribution in [-0.4, -0.2) is 68.1 Å². The van der Waals surface area contributed by atoms with Crippen molar-refractivity contribution >= 4 is 11.6 Å². The van der Waals surface area contributed by atoms with Crippen molar-refractivity contribution in [3.05, 3.63) is 84.6 Å². The first kappa shape index (κ1) is 24.2. The Labute approximate surface area is 216 Å². The molecule has 0 radical (unpaired) electrons. The molecule has 1 saturated heterocycles. The van der Waals surface area contributed by atoms with E-state index < -0.39 is 0 Å². The summed E-state index contributed by atoms with van der Waals surface area (Å²) in [6, 6.07) is 25.1. The van der Waals surface area contributed by atoms with Crippen molar-refractivity contribution in [3.63, 3.8) is 0 Å². The van der Waals surface area contributed by atoms with Gasteiger partial charge in [-0.05, 0) is 54.6 Å². The number of rotatable bonds is 7. The Morgan fingerprint density at radius 3 is 2.05 bits per heavy atom. The molecule has 1 aromatic heterocycles. The second kappa shape index (κ2) is 10.7. The zero-order valence-corrected chi connectivity index (χ0v) is 21.3. The van der Waals surface area contributed by atoms with Gasteiger partial charge in [0.2, 0.25) is 0 Å². The van der Waals surface area contributed by atoms with E-state index in [1.807, 2.05) is 71.6 Å². The number of methoxy groups -OCH3 is 3. The lowest BCUT2D eigenvalue weighted by molar-refractivity contribution is 0.0737.